The lowest BCUT2D eigenvalue weighted by Crippen LogP contribution is -2.31. The molecular weight excluding hydrogens is 1780 g/mol. The second kappa shape index (κ2) is 40.2. The molecule has 4 fully saturated rings. The van der Waals surface area contributed by atoms with E-state index in [4.69, 9.17) is 0 Å². The van der Waals surface area contributed by atoms with Gasteiger partial charge in [0.2, 0.25) is 0 Å². The second-order valence-electron chi connectivity index (χ2n) is 45.3. The van der Waals surface area contributed by atoms with Gasteiger partial charge in [-0.05, 0) is 390 Å². The number of benzene rings is 12. The molecule has 16 heteroatoms. The maximum absolute atomic E-state index is 15.1. The third-order valence-electron chi connectivity index (χ3n) is 32.8. The molecule has 8 amide bonds. The maximum atomic E-state index is 15.1. The van der Waals surface area contributed by atoms with Gasteiger partial charge in [0.15, 0.2) is 0 Å². The topological polar surface area (TPSA) is 233 Å². The van der Waals surface area contributed by atoms with Gasteiger partial charge in [-0.25, -0.2) is 0 Å². The number of anilines is 8. The van der Waals surface area contributed by atoms with Crippen molar-refractivity contribution in [1.82, 2.24) is 0 Å². The Morgan fingerprint density at radius 3 is 0.431 bits per heavy atom. The van der Waals surface area contributed by atoms with Gasteiger partial charge in [-0.2, -0.15) is 0 Å². The van der Waals surface area contributed by atoms with E-state index in [1.807, 2.05) is 79.7 Å². The van der Waals surface area contributed by atoms with Crippen LogP contribution in [0.5, 0.6) is 0 Å². The number of rotatable bonds is 0. The Labute approximate surface area is 852 Å². The van der Waals surface area contributed by atoms with Crippen molar-refractivity contribution in [2.24, 2.45) is 0 Å². The first-order valence-electron chi connectivity index (χ1n) is 52.3. The number of aryl methyl sites for hydroxylation is 16. The van der Waals surface area contributed by atoms with Crippen molar-refractivity contribution in [1.29, 1.82) is 0 Å². The van der Waals surface area contributed by atoms with Crippen LogP contribution in [0.4, 0.5) is 45.5 Å². The highest BCUT2D eigenvalue weighted by Crippen LogP contribution is 2.54. The van der Waals surface area contributed by atoms with Crippen LogP contribution in [-0.2, 0) is 32.5 Å². The Hall–Kier alpha value is -13.6. The fourth-order valence-corrected chi connectivity index (χ4v) is 24.8. The minimum absolute atomic E-state index is 0.319. The predicted octanol–water partition coefficient (Wildman–Crippen LogP) is 30.5. The van der Waals surface area contributed by atoms with Crippen molar-refractivity contribution >= 4 is 92.8 Å². The van der Waals surface area contributed by atoms with Gasteiger partial charge in [-0.15, -0.1) is 0 Å². The standard InChI is InChI=1S/C128H144N8O8/c1-73-49-99-50-74(2)107(73)129-115(137)89-37-35-38-90(65-89)116(138)130-108-75(3)51-100(52-76(108)4)126(43-29-24-30-44-126)104-59-83(11)113(84(12)60-104)135-121(143)95-68-96(72-98(71-95)124(20,21)22)122(144)136-114-87(15)63-106(64-88(114)16)128(47-33-26-34-48-128)102-55-79(7)110(80(8)56-102)132-118(140)92-40-36-39-91(66-92)117(139)131-109-77(5)53-101(54-78(109)6)127(45-31-25-32-46-127)105-61-85(13)112(86(14)62-105)134-120(142)94-67-93(69-97(70-94)123(17,18)19)119(141)133-111-81(9)57-103(58-82(111)10)125(99)41-27-23-28-42-125/h35-40,49-72H,23-34,41-48H2,1-22H3,(H,129,137)(H,130,138)(H,131,139)(H,132,140)(H,133,141)(H,134,142)(H,135,143)(H,136,144). The first kappa shape index (κ1) is 102. The molecule has 38 rings (SSSR count). The summed E-state index contributed by atoms with van der Waals surface area (Å²) in [6.45, 7) is 45.4. The van der Waals surface area contributed by atoms with Gasteiger partial charge >= 0.3 is 0 Å². The number of hydrogen-bond acceptors (Lipinski definition) is 8. The summed E-state index contributed by atoms with van der Waals surface area (Å²) in [4.78, 5) is 119. The SMILES string of the molecule is Cc1cc2cc(C)c1NC(=O)c1cccc(c1)C(=O)Nc1c(C)cc(cc1C)C1(CCCCC1)c1cc(C)c(c(C)c1)NC(=O)c1cc(cc(C(C)(C)C)c1)C(=O)Nc1c(C)cc(cc1C)C1(CCCCC1)c1cc(C)c(c(C)c1)NC(=O)c1cccc(c1)C(=O)Nc1c(C)cc(cc1C)C1(CCCCC1)c1cc(C)c(c(C)c1)NC(=O)c1cc(cc(C(C)(C)C)c1)C(=O)Nc1c(C)cc(cc1C)C21CCCCC1. The number of hydrogen-bond donors (Lipinski definition) is 8. The second-order valence-corrected chi connectivity index (χ2v) is 45.3. The molecule has 0 aromatic heterocycles. The first-order valence-corrected chi connectivity index (χ1v) is 52.3. The normalized spacial score (nSPS) is 17.0. The smallest absolute Gasteiger partial charge is 0.255 e. The van der Waals surface area contributed by atoms with E-state index in [1.165, 1.54) is 44.5 Å². The van der Waals surface area contributed by atoms with Gasteiger partial charge in [0, 0.05) is 112 Å². The molecule has 144 heavy (non-hydrogen) atoms. The largest absolute Gasteiger partial charge is 0.322 e. The highest BCUT2D eigenvalue weighted by atomic mass is 16.2. The fraction of sp³-hybridized carbons (Fsp3) is 0.375. The van der Waals surface area contributed by atoms with Crippen molar-refractivity contribution in [3.8, 4) is 0 Å². The lowest BCUT2D eigenvalue weighted by molar-refractivity contribution is 0.101. The zero-order valence-corrected chi connectivity index (χ0v) is 88.7. The first-order chi connectivity index (χ1) is 68.3. The third kappa shape index (κ3) is 20.0. The van der Waals surface area contributed by atoms with Crippen molar-refractivity contribution in [3.05, 3.63) is 371 Å². The van der Waals surface area contributed by atoms with Crippen LogP contribution in [0.1, 0.15) is 397 Å². The van der Waals surface area contributed by atoms with Gasteiger partial charge in [-0.1, -0.05) is 228 Å². The number of carbonyl (C=O) groups is 8. The molecular formula is C128H144N8O8. The molecule has 16 nitrogen and oxygen atoms in total. The van der Waals surface area contributed by atoms with Crippen LogP contribution in [0.25, 0.3) is 0 Å². The van der Waals surface area contributed by atoms with Crippen molar-refractivity contribution in [3.63, 3.8) is 0 Å². The van der Waals surface area contributed by atoms with E-state index < -0.39 is 10.8 Å². The Kier molecular flexibility index (Phi) is 28.4. The number of nitrogens with one attached hydrogen (secondary N) is 8. The monoisotopic (exact) mass is 1920 g/mol. The Morgan fingerprint density at radius 2 is 0.299 bits per heavy atom. The van der Waals surface area contributed by atoms with Crippen LogP contribution < -0.4 is 42.5 Å². The zero-order chi connectivity index (χ0) is 103. The molecule has 8 N–H and O–H groups in total. The van der Waals surface area contributed by atoms with E-state index in [-0.39, 0.29) is 68.9 Å². The Morgan fingerprint density at radius 1 is 0.174 bits per heavy atom. The lowest BCUT2D eigenvalue weighted by atomic mass is 9.64. The zero-order valence-electron chi connectivity index (χ0n) is 88.7. The minimum atomic E-state index is -0.423. The van der Waals surface area contributed by atoms with Crippen molar-refractivity contribution < 1.29 is 38.4 Å². The molecule has 12 aromatic rings. The molecule has 22 heterocycles. The van der Waals surface area contributed by atoms with E-state index in [1.54, 1.807) is 60.7 Å². The van der Waals surface area contributed by atoms with E-state index in [2.05, 4.69) is 237 Å². The Balaban J connectivity index is 0.690. The number of amides is 8. The molecule has 4 spiro atoms. The molecule has 24 bridgehead atoms. The van der Waals surface area contributed by atoms with Crippen LogP contribution in [0.3, 0.4) is 0 Å². The van der Waals surface area contributed by atoms with Crippen LogP contribution in [-0.4, -0.2) is 47.3 Å². The van der Waals surface area contributed by atoms with Gasteiger partial charge in [-0.3, -0.25) is 38.4 Å². The highest BCUT2D eigenvalue weighted by molar-refractivity contribution is 6.14. The summed E-state index contributed by atoms with van der Waals surface area (Å²) in [5.41, 5.74) is 32.1. The van der Waals surface area contributed by atoms with Gasteiger partial charge in [0.1, 0.15) is 0 Å². The molecule has 0 atom stereocenters. The van der Waals surface area contributed by atoms with Gasteiger partial charge in [0.25, 0.3) is 47.3 Å². The van der Waals surface area contributed by atoms with Crippen LogP contribution >= 0.6 is 0 Å². The lowest BCUT2D eigenvalue weighted by Gasteiger charge is -2.40. The molecule has 0 unspecified atom stereocenters. The van der Waals surface area contributed by atoms with E-state index in [0.29, 0.717) is 90.0 Å². The van der Waals surface area contributed by atoms with E-state index in [9.17, 15) is 19.2 Å². The molecule has 12 aromatic carbocycles. The van der Waals surface area contributed by atoms with E-state index >= 15 is 19.2 Å². The summed E-state index contributed by atoms with van der Waals surface area (Å²) in [6, 6.07) is 60.6. The quantitative estimate of drug-likeness (QED) is 0.0726. The van der Waals surface area contributed by atoms with E-state index in [0.717, 1.165) is 229 Å². The Bertz CT molecular complexity index is 6230. The molecule has 744 valence electrons. The van der Waals surface area contributed by atoms with Crippen LogP contribution in [0.2, 0.25) is 0 Å². The maximum Gasteiger partial charge on any atom is 0.255 e. The van der Waals surface area contributed by atoms with Gasteiger partial charge in [0.05, 0.1) is 0 Å². The fourth-order valence-electron chi connectivity index (χ4n) is 24.8. The summed E-state index contributed by atoms with van der Waals surface area (Å²) >= 11 is 0. The highest BCUT2D eigenvalue weighted by Gasteiger charge is 2.44. The molecule has 26 aliphatic rings. The average Bonchev–Trinajstić information content (AvgIpc) is 0.757. The predicted molar refractivity (Wildman–Crippen MR) is 590 cm³/mol. The van der Waals surface area contributed by atoms with Gasteiger partial charge < -0.3 is 42.5 Å². The van der Waals surface area contributed by atoms with Crippen LogP contribution in [0.15, 0.2) is 182 Å². The minimum Gasteiger partial charge on any atom is -0.322 e. The molecule has 0 radical (unpaired) electrons. The number of carbonyl (C=O) groups excluding carboxylic acids is 8. The molecule has 0 saturated heterocycles. The van der Waals surface area contributed by atoms with Crippen LogP contribution in [0, 0.1) is 111 Å². The summed E-state index contributed by atoms with van der Waals surface area (Å²) in [5.74, 6) is -2.60. The summed E-state index contributed by atoms with van der Waals surface area (Å²) in [7, 11) is 0. The molecule has 4 saturated carbocycles. The third-order valence-corrected chi connectivity index (χ3v) is 32.8. The molecule has 4 aliphatic carbocycles. The molecule has 22 aliphatic heterocycles. The summed E-state index contributed by atoms with van der Waals surface area (Å²) in [5, 5.41) is 26.4. The summed E-state index contributed by atoms with van der Waals surface area (Å²) < 4.78 is 0. The summed E-state index contributed by atoms with van der Waals surface area (Å²) in [6.07, 6.45) is 20.1. The average molecular weight is 1920 g/mol. The van der Waals surface area contributed by atoms with Crippen molar-refractivity contribution in [2.75, 3.05) is 42.5 Å². The van der Waals surface area contributed by atoms with Crippen molar-refractivity contribution in [2.45, 2.75) is 313 Å².